The van der Waals surface area contributed by atoms with Gasteiger partial charge in [0.1, 0.15) is 0 Å². The third-order valence-corrected chi connectivity index (χ3v) is 3.31. The van der Waals surface area contributed by atoms with Gasteiger partial charge in [0.05, 0.1) is 12.1 Å². The molecule has 24 heavy (non-hydrogen) atoms. The molecular formula is C17H18F3N3O. The number of halogens is 3. The number of hydrogen-bond donors (Lipinski definition) is 2. The van der Waals surface area contributed by atoms with Crippen molar-refractivity contribution in [2.75, 3.05) is 36.2 Å². The zero-order chi connectivity index (χ0) is 17.7. The molecule has 0 fully saturated rings. The van der Waals surface area contributed by atoms with Crippen LogP contribution in [0.1, 0.15) is 5.56 Å². The first kappa shape index (κ1) is 17.7. The van der Waals surface area contributed by atoms with Gasteiger partial charge in [0.25, 0.3) is 0 Å². The Morgan fingerprint density at radius 1 is 1.04 bits per heavy atom. The Bertz CT molecular complexity index is 697. The van der Waals surface area contributed by atoms with Crippen LogP contribution in [0.4, 0.5) is 30.2 Å². The van der Waals surface area contributed by atoms with Gasteiger partial charge in [0.2, 0.25) is 5.91 Å². The number of rotatable bonds is 5. The first-order valence-electron chi connectivity index (χ1n) is 7.24. The summed E-state index contributed by atoms with van der Waals surface area (Å²) in [5.41, 5.74) is 1.10. The lowest BCUT2D eigenvalue weighted by molar-refractivity contribution is -0.137. The third kappa shape index (κ3) is 4.91. The van der Waals surface area contributed by atoms with Crippen molar-refractivity contribution in [1.29, 1.82) is 0 Å². The zero-order valence-corrected chi connectivity index (χ0v) is 13.3. The largest absolute Gasteiger partial charge is 0.416 e. The summed E-state index contributed by atoms with van der Waals surface area (Å²) >= 11 is 0. The van der Waals surface area contributed by atoms with Crippen LogP contribution in [0, 0.1) is 0 Å². The molecule has 0 spiro atoms. The Hall–Kier alpha value is -2.70. The van der Waals surface area contributed by atoms with Crippen LogP contribution < -0.4 is 15.5 Å². The molecule has 0 saturated carbocycles. The summed E-state index contributed by atoms with van der Waals surface area (Å²) in [6, 6.07) is 12.0. The molecule has 0 aliphatic rings. The van der Waals surface area contributed by atoms with Gasteiger partial charge in [-0.25, -0.2) is 0 Å². The molecule has 0 radical (unpaired) electrons. The molecule has 7 heteroatoms. The van der Waals surface area contributed by atoms with Gasteiger partial charge in [-0.15, -0.1) is 0 Å². The van der Waals surface area contributed by atoms with Crippen LogP contribution in [-0.4, -0.2) is 26.5 Å². The van der Waals surface area contributed by atoms with E-state index in [-0.39, 0.29) is 18.1 Å². The summed E-state index contributed by atoms with van der Waals surface area (Å²) in [4.78, 5) is 13.8. The molecule has 0 saturated heterocycles. The molecule has 0 aliphatic heterocycles. The molecule has 0 bridgehead atoms. The summed E-state index contributed by atoms with van der Waals surface area (Å²) in [5, 5.41) is 5.37. The monoisotopic (exact) mass is 337 g/mol. The van der Waals surface area contributed by atoms with Crippen molar-refractivity contribution in [3.05, 3.63) is 54.1 Å². The number of benzene rings is 2. The smallest absolute Gasteiger partial charge is 0.378 e. The normalized spacial score (nSPS) is 11.0. The van der Waals surface area contributed by atoms with E-state index in [1.807, 2.05) is 31.1 Å². The van der Waals surface area contributed by atoms with Crippen molar-refractivity contribution in [2.45, 2.75) is 6.18 Å². The maximum atomic E-state index is 12.6. The van der Waals surface area contributed by atoms with E-state index in [0.717, 1.165) is 17.8 Å². The summed E-state index contributed by atoms with van der Waals surface area (Å²) in [7, 11) is 3.82. The first-order valence-corrected chi connectivity index (χ1v) is 7.24. The van der Waals surface area contributed by atoms with Gasteiger partial charge in [-0.1, -0.05) is 6.07 Å². The fourth-order valence-corrected chi connectivity index (χ4v) is 2.04. The molecule has 0 unspecified atom stereocenters. The lowest BCUT2D eigenvalue weighted by atomic mass is 10.2. The van der Waals surface area contributed by atoms with E-state index in [2.05, 4.69) is 10.6 Å². The minimum absolute atomic E-state index is 0.128. The quantitative estimate of drug-likeness (QED) is 0.872. The number of nitrogens with one attached hydrogen (secondary N) is 2. The first-order chi connectivity index (χ1) is 11.3. The van der Waals surface area contributed by atoms with Crippen molar-refractivity contribution in [3.63, 3.8) is 0 Å². The molecule has 2 aromatic carbocycles. The average Bonchev–Trinajstić information content (AvgIpc) is 2.53. The molecule has 4 nitrogen and oxygen atoms in total. The molecule has 0 atom stereocenters. The van der Waals surface area contributed by atoms with E-state index in [9.17, 15) is 18.0 Å². The van der Waals surface area contributed by atoms with E-state index in [0.29, 0.717) is 5.69 Å². The van der Waals surface area contributed by atoms with Crippen molar-refractivity contribution >= 4 is 23.0 Å². The lowest BCUT2D eigenvalue weighted by Gasteiger charge is -2.13. The number of carbonyl (C=O) groups excluding carboxylic acids is 1. The van der Waals surface area contributed by atoms with Crippen LogP contribution in [0.25, 0.3) is 0 Å². The van der Waals surface area contributed by atoms with Gasteiger partial charge in [0.15, 0.2) is 0 Å². The van der Waals surface area contributed by atoms with Crippen molar-refractivity contribution < 1.29 is 18.0 Å². The highest BCUT2D eigenvalue weighted by atomic mass is 19.4. The molecule has 128 valence electrons. The van der Waals surface area contributed by atoms with Crippen LogP contribution in [0.15, 0.2) is 48.5 Å². The van der Waals surface area contributed by atoms with Crippen LogP contribution in [0.5, 0.6) is 0 Å². The van der Waals surface area contributed by atoms with E-state index >= 15 is 0 Å². The SMILES string of the molecule is CN(C)c1ccc(NC(=O)CNc2cccc(C(F)(F)F)c2)cc1. The molecule has 1 amide bonds. The Morgan fingerprint density at radius 2 is 1.71 bits per heavy atom. The van der Waals surface area contributed by atoms with E-state index < -0.39 is 11.7 Å². The maximum Gasteiger partial charge on any atom is 0.416 e. The molecule has 0 aliphatic carbocycles. The highest BCUT2D eigenvalue weighted by Gasteiger charge is 2.30. The predicted molar refractivity (Wildman–Crippen MR) is 89.3 cm³/mol. The lowest BCUT2D eigenvalue weighted by Crippen LogP contribution is -2.22. The van der Waals surface area contributed by atoms with Crippen molar-refractivity contribution in [3.8, 4) is 0 Å². The second kappa shape index (κ2) is 7.25. The topological polar surface area (TPSA) is 44.4 Å². The van der Waals surface area contributed by atoms with Gasteiger partial charge in [-0.2, -0.15) is 13.2 Å². The molecule has 2 rings (SSSR count). The highest BCUT2D eigenvalue weighted by molar-refractivity contribution is 5.93. The number of carbonyl (C=O) groups is 1. The molecule has 2 aromatic rings. The Balaban J connectivity index is 1.91. The molecule has 0 aromatic heterocycles. The predicted octanol–water partition coefficient (Wildman–Crippen LogP) is 3.82. The third-order valence-electron chi connectivity index (χ3n) is 3.31. The minimum Gasteiger partial charge on any atom is -0.378 e. The number of hydrogen-bond acceptors (Lipinski definition) is 3. The highest BCUT2D eigenvalue weighted by Crippen LogP contribution is 2.30. The fraction of sp³-hybridized carbons (Fsp3) is 0.235. The number of anilines is 3. The Kier molecular flexibility index (Phi) is 5.33. The van der Waals surface area contributed by atoms with Gasteiger partial charge >= 0.3 is 6.18 Å². The van der Waals surface area contributed by atoms with Gasteiger partial charge in [-0.05, 0) is 42.5 Å². The van der Waals surface area contributed by atoms with Crippen molar-refractivity contribution in [2.24, 2.45) is 0 Å². The van der Waals surface area contributed by atoms with E-state index in [1.165, 1.54) is 12.1 Å². The number of amides is 1. The van der Waals surface area contributed by atoms with Gasteiger partial charge in [-0.3, -0.25) is 4.79 Å². The summed E-state index contributed by atoms with van der Waals surface area (Å²) in [6.45, 7) is -0.128. The number of nitrogens with zero attached hydrogens (tertiary/aromatic N) is 1. The second-order valence-electron chi connectivity index (χ2n) is 5.42. The van der Waals surface area contributed by atoms with E-state index in [4.69, 9.17) is 0 Å². The Labute approximate surface area is 138 Å². The summed E-state index contributed by atoms with van der Waals surface area (Å²) in [5.74, 6) is -0.343. The average molecular weight is 337 g/mol. The standard InChI is InChI=1S/C17H18F3N3O/c1-23(2)15-8-6-13(7-9-15)22-16(24)11-21-14-5-3-4-12(10-14)17(18,19)20/h3-10,21H,11H2,1-2H3,(H,22,24). The summed E-state index contributed by atoms with van der Waals surface area (Å²) in [6.07, 6.45) is -4.41. The Morgan fingerprint density at radius 3 is 2.29 bits per heavy atom. The second-order valence-corrected chi connectivity index (χ2v) is 5.42. The van der Waals surface area contributed by atoms with Crippen molar-refractivity contribution in [1.82, 2.24) is 0 Å². The summed E-state index contributed by atoms with van der Waals surface area (Å²) < 4.78 is 37.9. The van der Waals surface area contributed by atoms with Crippen LogP contribution in [0.3, 0.4) is 0 Å². The molecule has 2 N–H and O–H groups in total. The maximum absolute atomic E-state index is 12.6. The fourth-order valence-electron chi connectivity index (χ4n) is 2.04. The van der Waals surface area contributed by atoms with Crippen LogP contribution in [0.2, 0.25) is 0 Å². The van der Waals surface area contributed by atoms with Gasteiger partial charge in [0, 0.05) is 31.2 Å². The van der Waals surface area contributed by atoms with Crippen LogP contribution >= 0.6 is 0 Å². The number of alkyl halides is 3. The minimum atomic E-state index is -4.41. The van der Waals surface area contributed by atoms with Crippen LogP contribution in [-0.2, 0) is 11.0 Å². The zero-order valence-electron chi connectivity index (χ0n) is 13.3. The molecular weight excluding hydrogens is 319 g/mol. The van der Waals surface area contributed by atoms with E-state index in [1.54, 1.807) is 12.1 Å². The van der Waals surface area contributed by atoms with Gasteiger partial charge < -0.3 is 15.5 Å². The molecule has 0 heterocycles.